The number of nitriles is 2. The first-order valence-corrected chi connectivity index (χ1v) is 7.82. The summed E-state index contributed by atoms with van der Waals surface area (Å²) in [7, 11) is 0. The van der Waals surface area contributed by atoms with Crippen LogP contribution in [0.2, 0.25) is 0 Å². The number of nitrogen functional groups attached to an aromatic ring is 1. The lowest BCUT2D eigenvalue weighted by Gasteiger charge is -2.06. The summed E-state index contributed by atoms with van der Waals surface area (Å²) in [5.41, 5.74) is 6.46. The molecule has 6 nitrogen and oxygen atoms in total. The molecular weight excluding hydrogens is 329 g/mol. The average molecular weight is 342 g/mol. The number of anilines is 1. The molecular formula is C16H13FN5OS+. The summed E-state index contributed by atoms with van der Waals surface area (Å²) in [4.78, 5) is 14.6. The summed E-state index contributed by atoms with van der Waals surface area (Å²) in [6, 6.07) is 11.4. The van der Waals surface area contributed by atoms with Crippen molar-refractivity contribution in [2.24, 2.45) is 0 Å². The zero-order valence-electron chi connectivity index (χ0n) is 12.5. The fourth-order valence-electron chi connectivity index (χ4n) is 1.86. The topological polar surface area (TPSA) is 117 Å². The average Bonchev–Trinajstić information content (AvgIpc) is 2.59. The molecule has 0 unspecified atom stereocenters. The number of aromatic nitrogens is 1. The van der Waals surface area contributed by atoms with Crippen LogP contribution in [0.4, 0.5) is 10.2 Å². The first kappa shape index (κ1) is 17.3. The van der Waals surface area contributed by atoms with Crippen LogP contribution in [0.5, 0.6) is 0 Å². The standard InChI is InChI=1S/C16H12FN5OS/c17-13-4-2-1-3-10(13)8-21-14(23)9-24-16-12(7-19)5-11(6-18)15(20)22-16/h1-5H,8-9H2,(H2,20,22)(H,21,23)/p+1. The van der Waals surface area contributed by atoms with Crippen LogP contribution in [-0.2, 0) is 11.3 Å². The molecule has 0 aliphatic heterocycles. The normalized spacial score (nSPS) is 9.79. The van der Waals surface area contributed by atoms with Crippen LogP contribution in [0.25, 0.3) is 0 Å². The minimum atomic E-state index is -0.384. The summed E-state index contributed by atoms with van der Waals surface area (Å²) >= 11 is 1.08. The van der Waals surface area contributed by atoms with Gasteiger partial charge in [0.05, 0.1) is 5.75 Å². The Bertz CT molecular complexity index is 857. The molecule has 1 amide bonds. The highest BCUT2D eigenvalue weighted by Gasteiger charge is 2.16. The minimum absolute atomic E-state index is 0.0188. The molecule has 0 spiro atoms. The van der Waals surface area contributed by atoms with Crippen molar-refractivity contribution in [3.05, 3.63) is 52.8 Å². The van der Waals surface area contributed by atoms with Crippen molar-refractivity contribution in [3.8, 4) is 12.1 Å². The van der Waals surface area contributed by atoms with E-state index in [4.69, 9.17) is 16.3 Å². The molecule has 24 heavy (non-hydrogen) atoms. The van der Waals surface area contributed by atoms with Crippen molar-refractivity contribution in [1.82, 2.24) is 5.32 Å². The third-order valence-electron chi connectivity index (χ3n) is 3.09. The fourth-order valence-corrected chi connectivity index (χ4v) is 2.68. The SMILES string of the molecule is N#Cc1cc(C#N)c(SCC(=O)NCc2ccccc2F)[nH+]c1N. The number of H-pyrrole nitrogens is 1. The molecule has 1 aromatic heterocycles. The van der Waals surface area contributed by atoms with E-state index >= 15 is 0 Å². The van der Waals surface area contributed by atoms with Gasteiger partial charge in [0.1, 0.15) is 29.1 Å². The monoisotopic (exact) mass is 342 g/mol. The van der Waals surface area contributed by atoms with Crippen LogP contribution in [0, 0.1) is 28.5 Å². The van der Waals surface area contributed by atoms with Gasteiger partial charge in [-0.2, -0.15) is 10.5 Å². The maximum atomic E-state index is 13.5. The number of pyridine rings is 1. The molecule has 0 saturated carbocycles. The van der Waals surface area contributed by atoms with Gasteiger partial charge in [-0.3, -0.25) is 10.5 Å². The van der Waals surface area contributed by atoms with Gasteiger partial charge < -0.3 is 5.32 Å². The number of hydrogen-bond acceptors (Lipinski definition) is 5. The van der Waals surface area contributed by atoms with E-state index in [2.05, 4.69) is 10.3 Å². The number of aromatic amines is 1. The second-order valence-electron chi connectivity index (χ2n) is 4.72. The molecule has 2 rings (SSSR count). The third kappa shape index (κ3) is 4.22. The van der Waals surface area contributed by atoms with E-state index in [-0.39, 0.29) is 41.0 Å². The van der Waals surface area contributed by atoms with Gasteiger partial charge in [-0.25, -0.2) is 9.37 Å². The largest absolute Gasteiger partial charge is 0.351 e. The summed E-state index contributed by atoms with van der Waals surface area (Å²) in [6.07, 6.45) is 0. The lowest BCUT2D eigenvalue weighted by molar-refractivity contribution is -0.410. The summed E-state index contributed by atoms with van der Waals surface area (Å²) in [5, 5.41) is 21.0. The third-order valence-corrected chi connectivity index (χ3v) is 4.11. The minimum Gasteiger partial charge on any atom is -0.351 e. The van der Waals surface area contributed by atoms with E-state index in [0.29, 0.717) is 10.6 Å². The molecule has 0 atom stereocenters. The van der Waals surface area contributed by atoms with E-state index in [1.54, 1.807) is 18.2 Å². The molecule has 8 heteroatoms. The number of nitrogens with two attached hydrogens (primary N) is 1. The molecule has 0 fully saturated rings. The molecule has 0 aliphatic rings. The van der Waals surface area contributed by atoms with Crippen LogP contribution >= 0.6 is 11.8 Å². The summed E-state index contributed by atoms with van der Waals surface area (Å²) in [6.45, 7) is 0.0798. The molecule has 0 aliphatic carbocycles. The molecule has 0 bridgehead atoms. The van der Waals surface area contributed by atoms with Gasteiger partial charge in [0.25, 0.3) is 5.82 Å². The Morgan fingerprint density at radius 1 is 1.29 bits per heavy atom. The van der Waals surface area contributed by atoms with Crippen molar-refractivity contribution in [3.63, 3.8) is 0 Å². The Balaban J connectivity index is 1.97. The fraction of sp³-hybridized carbons (Fsp3) is 0.125. The van der Waals surface area contributed by atoms with Crippen molar-refractivity contribution < 1.29 is 14.2 Å². The Kier molecular flexibility index (Phi) is 5.72. The second kappa shape index (κ2) is 7.95. The van der Waals surface area contributed by atoms with Crippen LogP contribution in [0.15, 0.2) is 35.4 Å². The predicted octanol–water partition coefficient (Wildman–Crippen LogP) is 1.37. The summed E-state index contributed by atoms with van der Waals surface area (Å²) in [5.74, 6) is -0.551. The molecule has 1 aromatic carbocycles. The lowest BCUT2D eigenvalue weighted by atomic mass is 10.2. The number of benzene rings is 1. The highest BCUT2D eigenvalue weighted by atomic mass is 32.2. The van der Waals surface area contributed by atoms with Crippen LogP contribution < -0.4 is 16.0 Å². The van der Waals surface area contributed by atoms with Gasteiger partial charge in [0.15, 0.2) is 5.03 Å². The molecule has 2 aromatic rings. The van der Waals surface area contributed by atoms with E-state index in [1.165, 1.54) is 12.1 Å². The van der Waals surface area contributed by atoms with Crippen molar-refractivity contribution in [1.29, 1.82) is 10.5 Å². The molecule has 4 N–H and O–H groups in total. The van der Waals surface area contributed by atoms with E-state index in [0.717, 1.165) is 11.8 Å². The number of amides is 1. The summed E-state index contributed by atoms with van der Waals surface area (Å²) < 4.78 is 13.5. The Labute approximate surface area is 142 Å². The number of rotatable bonds is 5. The maximum Gasteiger partial charge on any atom is 0.289 e. The van der Waals surface area contributed by atoms with Gasteiger partial charge in [-0.05, 0) is 12.1 Å². The second-order valence-corrected chi connectivity index (χ2v) is 5.71. The van der Waals surface area contributed by atoms with Crippen molar-refractivity contribution in [2.75, 3.05) is 11.5 Å². The molecule has 120 valence electrons. The van der Waals surface area contributed by atoms with Gasteiger partial charge in [0.2, 0.25) is 5.91 Å². The van der Waals surface area contributed by atoms with Gasteiger partial charge >= 0.3 is 0 Å². The van der Waals surface area contributed by atoms with Gasteiger partial charge in [-0.1, -0.05) is 30.0 Å². The number of nitrogens with zero attached hydrogens (tertiary/aromatic N) is 2. The van der Waals surface area contributed by atoms with E-state index < -0.39 is 0 Å². The number of halogens is 1. The number of thioether (sulfide) groups is 1. The molecule has 1 heterocycles. The Hall–Kier alpha value is -3.10. The zero-order valence-corrected chi connectivity index (χ0v) is 13.3. The van der Waals surface area contributed by atoms with Crippen LogP contribution in [-0.4, -0.2) is 11.7 Å². The van der Waals surface area contributed by atoms with Crippen LogP contribution in [0.1, 0.15) is 16.7 Å². The maximum absolute atomic E-state index is 13.5. The molecule has 0 radical (unpaired) electrons. The number of nitrogens with one attached hydrogen (secondary N) is 2. The van der Waals surface area contributed by atoms with Gasteiger partial charge in [0, 0.05) is 12.1 Å². The van der Waals surface area contributed by atoms with Gasteiger partial charge in [-0.15, -0.1) is 0 Å². The lowest BCUT2D eigenvalue weighted by Crippen LogP contribution is -2.26. The van der Waals surface area contributed by atoms with Crippen LogP contribution in [0.3, 0.4) is 0 Å². The van der Waals surface area contributed by atoms with Crippen molar-refractivity contribution >= 4 is 23.5 Å². The Morgan fingerprint density at radius 3 is 2.67 bits per heavy atom. The first-order valence-electron chi connectivity index (χ1n) is 6.84. The Morgan fingerprint density at radius 2 is 2.00 bits per heavy atom. The smallest absolute Gasteiger partial charge is 0.289 e. The first-order chi connectivity index (χ1) is 11.5. The number of hydrogen-bond donors (Lipinski definition) is 2. The zero-order chi connectivity index (χ0) is 17.5. The highest BCUT2D eigenvalue weighted by Crippen LogP contribution is 2.20. The predicted molar refractivity (Wildman–Crippen MR) is 85.8 cm³/mol. The number of carbonyl (C=O) groups excluding carboxylic acids is 1. The number of carbonyl (C=O) groups is 1. The highest BCUT2D eigenvalue weighted by molar-refractivity contribution is 7.99. The quantitative estimate of drug-likeness (QED) is 0.796. The van der Waals surface area contributed by atoms with Crippen molar-refractivity contribution in [2.45, 2.75) is 11.6 Å². The van der Waals surface area contributed by atoms with E-state index in [1.807, 2.05) is 12.1 Å². The van der Waals surface area contributed by atoms with E-state index in [9.17, 15) is 9.18 Å². The molecule has 0 saturated heterocycles.